The van der Waals surface area contributed by atoms with Crippen molar-refractivity contribution in [3.8, 4) is 0 Å². The van der Waals surface area contributed by atoms with Crippen LogP contribution < -0.4 is 5.32 Å². The Hall–Kier alpha value is -0.910. The van der Waals surface area contributed by atoms with E-state index in [9.17, 15) is 13.8 Å². The summed E-state index contributed by atoms with van der Waals surface area (Å²) in [7, 11) is -1.36. The van der Waals surface area contributed by atoms with Crippen LogP contribution in [0.15, 0.2) is 0 Å². The minimum absolute atomic E-state index is 0.0490. The van der Waals surface area contributed by atoms with Crippen molar-refractivity contribution in [2.45, 2.75) is 38.1 Å². The predicted molar refractivity (Wildman–Crippen MR) is 60.5 cm³/mol. The highest BCUT2D eigenvalue weighted by Gasteiger charge is 2.18. The summed E-state index contributed by atoms with van der Waals surface area (Å²) in [6.07, 6.45) is 4.10. The van der Waals surface area contributed by atoms with Gasteiger partial charge >= 0.3 is 5.97 Å². The Morgan fingerprint density at radius 3 is 2.50 bits per heavy atom. The fourth-order valence-corrected chi connectivity index (χ4v) is 2.68. The van der Waals surface area contributed by atoms with E-state index in [1.807, 2.05) is 0 Å². The number of aliphatic carboxylic acids is 1. The number of carboxylic acid groups (broad SMARTS) is 1. The molecule has 16 heavy (non-hydrogen) atoms. The summed E-state index contributed by atoms with van der Waals surface area (Å²) in [6.45, 7) is 0. The Bertz CT molecular complexity index is 287. The standard InChI is InChI=1S/C10H17NO4S/c12-9(11-8-3-1-2-4-8)7-16(15)6-5-10(13)14/h8H,1-7H2,(H,11,12)(H,13,14). The molecule has 2 N–H and O–H groups in total. The minimum Gasteiger partial charge on any atom is -0.481 e. The lowest BCUT2D eigenvalue weighted by Gasteiger charge is -2.11. The van der Waals surface area contributed by atoms with Crippen molar-refractivity contribution in [2.24, 2.45) is 0 Å². The van der Waals surface area contributed by atoms with Gasteiger partial charge < -0.3 is 10.4 Å². The quantitative estimate of drug-likeness (QED) is 0.705. The maximum Gasteiger partial charge on any atom is 0.304 e. The summed E-state index contributed by atoms with van der Waals surface area (Å²) >= 11 is 0. The van der Waals surface area contributed by atoms with Crippen molar-refractivity contribution in [1.29, 1.82) is 0 Å². The third-order valence-corrected chi connectivity index (χ3v) is 3.80. The molecular formula is C10H17NO4S. The second-order valence-electron chi connectivity index (χ2n) is 3.98. The molecule has 0 aromatic carbocycles. The van der Waals surface area contributed by atoms with Crippen molar-refractivity contribution in [3.63, 3.8) is 0 Å². The van der Waals surface area contributed by atoms with Crippen LogP contribution in [0, 0.1) is 0 Å². The molecule has 5 nitrogen and oxygen atoms in total. The Labute approximate surface area is 97.1 Å². The molecule has 0 aromatic heterocycles. The third-order valence-electron chi connectivity index (χ3n) is 2.56. The van der Waals surface area contributed by atoms with Gasteiger partial charge in [0.2, 0.25) is 5.91 Å². The second kappa shape index (κ2) is 6.62. The number of carbonyl (C=O) groups is 2. The molecule has 1 aliphatic carbocycles. The maximum absolute atomic E-state index is 11.4. The molecule has 1 saturated carbocycles. The highest BCUT2D eigenvalue weighted by Crippen LogP contribution is 2.17. The maximum atomic E-state index is 11.4. The molecule has 1 fully saturated rings. The number of hydrogen-bond donors (Lipinski definition) is 2. The van der Waals surface area contributed by atoms with Crippen molar-refractivity contribution in [1.82, 2.24) is 5.32 Å². The van der Waals surface area contributed by atoms with Gasteiger partial charge in [-0.15, -0.1) is 0 Å². The van der Waals surface area contributed by atoms with Crippen LogP contribution >= 0.6 is 0 Å². The van der Waals surface area contributed by atoms with Crippen LogP contribution in [0.1, 0.15) is 32.1 Å². The Kier molecular flexibility index (Phi) is 5.45. The Morgan fingerprint density at radius 1 is 1.31 bits per heavy atom. The number of rotatable bonds is 6. The first-order valence-corrected chi connectivity index (χ1v) is 6.93. The van der Waals surface area contributed by atoms with E-state index in [2.05, 4.69) is 5.32 Å². The highest BCUT2D eigenvalue weighted by molar-refractivity contribution is 7.85. The van der Waals surface area contributed by atoms with Gasteiger partial charge in [-0.1, -0.05) is 12.8 Å². The molecule has 1 rings (SSSR count). The van der Waals surface area contributed by atoms with Crippen LogP contribution in [-0.2, 0) is 20.4 Å². The molecule has 92 valence electrons. The van der Waals surface area contributed by atoms with E-state index in [-0.39, 0.29) is 29.9 Å². The van der Waals surface area contributed by atoms with Crippen LogP contribution in [0.5, 0.6) is 0 Å². The summed E-state index contributed by atoms with van der Waals surface area (Å²) in [5.41, 5.74) is 0. The van der Waals surface area contributed by atoms with E-state index in [1.165, 1.54) is 0 Å². The van der Waals surface area contributed by atoms with Gasteiger partial charge in [-0.2, -0.15) is 0 Å². The van der Waals surface area contributed by atoms with E-state index in [0.29, 0.717) is 0 Å². The minimum atomic E-state index is -1.36. The molecule has 0 radical (unpaired) electrons. The molecular weight excluding hydrogens is 230 g/mol. The largest absolute Gasteiger partial charge is 0.481 e. The van der Waals surface area contributed by atoms with Crippen LogP contribution in [-0.4, -0.2) is 38.7 Å². The molecule has 0 aromatic rings. The van der Waals surface area contributed by atoms with Crippen LogP contribution in [0.25, 0.3) is 0 Å². The van der Waals surface area contributed by atoms with Crippen molar-refractivity contribution >= 4 is 22.7 Å². The summed E-state index contributed by atoms with van der Waals surface area (Å²) in [4.78, 5) is 21.6. The molecule has 1 atom stereocenters. The fraction of sp³-hybridized carbons (Fsp3) is 0.800. The topological polar surface area (TPSA) is 83.5 Å². The molecule has 0 heterocycles. The SMILES string of the molecule is O=C(O)CCS(=O)CC(=O)NC1CCCC1. The zero-order chi connectivity index (χ0) is 12.0. The highest BCUT2D eigenvalue weighted by atomic mass is 32.2. The molecule has 0 spiro atoms. The van der Waals surface area contributed by atoms with Crippen molar-refractivity contribution in [2.75, 3.05) is 11.5 Å². The number of carbonyl (C=O) groups excluding carboxylic acids is 1. The van der Waals surface area contributed by atoms with Gasteiger partial charge in [0, 0.05) is 22.6 Å². The van der Waals surface area contributed by atoms with Crippen molar-refractivity contribution < 1.29 is 18.9 Å². The van der Waals surface area contributed by atoms with E-state index >= 15 is 0 Å². The lowest BCUT2D eigenvalue weighted by Crippen LogP contribution is -2.36. The smallest absolute Gasteiger partial charge is 0.304 e. The molecule has 1 unspecified atom stereocenters. The molecule has 1 aliphatic rings. The van der Waals surface area contributed by atoms with Gasteiger partial charge in [0.15, 0.2) is 0 Å². The molecule has 0 bridgehead atoms. The number of nitrogens with one attached hydrogen (secondary N) is 1. The summed E-state index contributed by atoms with van der Waals surface area (Å²) < 4.78 is 11.3. The zero-order valence-electron chi connectivity index (χ0n) is 9.11. The third kappa shape index (κ3) is 5.25. The summed E-state index contributed by atoms with van der Waals surface area (Å²) in [6, 6.07) is 0.226. The second-order valence-corrected chi connectivity index (χ2v) is 5.56. The monoisotopic (exact) mass is 247 g/mol. The van der Waals surface area contributed by atoms with Crippen LogP contribution in [0.2, 0.25) is 0 Å². The van der Waals surface area contributed by atoms with Crippen LogP contribution in [0.3, 0.4) is 0 Å². The lowest BCUT2D eigenvalue weighted by atomic mass is 10.2. The van der Waals surface area contributed by atoms with Gasteiger partial charge in [0.25, 0.3) is 0 Å². The van der Waals surface area contributed by atoms with E-state index in [4.69, 9.17) is 5.11 Å². The predicted octanol–water partition coefficient (Wildman–Crippen LogP) is 0.269. The van der Waals surface area contributed by atoms with Gasteiger partial charge in [-0.3, -0.25) is 13.8 Å². The zero-order valence-corrected chi connectivity index (χ0v) is 9.92. The molecule has 0 aliphatic heterocycles. The Morgan fingerprint density at radius 2 is 1.94 bits per heavy atom. The molecule has 1 amide bonds. The number of carboxylic acids is 1. The van der Waals surface area contributed by atoms with E-state index < -0.39 is 16.8 Å². The summed E-state index contributed by atoms with van der Waals surface area (Å²) in [5, 5.41) is 11.2. The van der Waals surface area contributed by atoms with Crippen LogP contribution in [0.4, 0.5) is 0 Å². The number of amides is 1. The lowest BCUT2D eigenvalue weighted by molar-refractivity contribution is -0.136. The average Bonchev–Trinajstić information content (AvgIpc) is 2.67. The molecule has 6 heteroatoms. The van der Waals surface area contributed by atoms with Gasteiger partial charge in [0.05, 0.1) is 6.42 Å². The fourth-order valence-electron chi connectivity index (χ4n) is 1.76. The normalized spacial score (nSPS) is 18.2. The van der Waals surface area contributed by atoms with E-state index in [0.717, 1.165) is 25.7 Å². The Balaban J connectivity index is 2.17. The van der Waals surface area contributed by atoms with Gasteiger partial charge in [-0.25, -0.2) is 0 Å². The molecule has 0 saturated heterocycles. The first-order chi connectivity index (χ1) is 7.58. The average molecular weight is 247 g/mol. The number of hydrogen-bond acceptors (Lipinski definition) is 3. The van der Waals surface area contributed by atoms with Gasteiger partial charge in [-0.05, 0) is 12.8 Å². The first-order valence-electron chi connectivity index (χ1n) is 5.44. The van der Waals surface area contributed by atoms with Crippen molar-refractivity contribution in [3.05, 3.63) is 0 Å². The van der Waals surface area contributed by atoms with Gasteiger partial charge in [0.1, 0.15) is 5.75 Å². The van der Waals surface area contributed by atoms with E-state index in [1.54, 1.807) is 0 Å². The first kappa shape index (κ1) is 13.2. The summed E-state index contributed by atoms with van der Waals surface area (Å²) in [5.74, 6) is -1.24.